The average molecular weight is 723 g/mol. The Morgan fingerprint density at radius 1 is 0.673 bits per heavy atom. The third-order valence-electron chi connectivity index (χ3n) is 11.6. The quantitative estimate of drug-likeness (QED) is 0.174. The van der Waals surface area contributed by atoms with Gasteiger partial charge >= 0.3 is 0 Å². The second kappa shape index (κ2) is 13.1. The number of para-hydroxylation sites is 1. The fraction of sp³-hybridized carbons (Fsp3) is 0.122. The molecule has 1 heterocycles. The van der Waals surface area contributed by atoms with Gasteiger partial charge in [0.1, 0.15) is 17.3 Å². The first-order valence-corrected chi connectivity index (χ1v) is 18.4. The van der Waals surface area contributed by atoms with Gasteiger partial charge in [-0.15, -0.1) is 0 Å². The van der Waals surface area contributed by atoms with Crippen LogP contribution in [0.4, 0.5) is 14.5 Å². The van der Waals surface area contributed by atoms with Crippen LogP contribution < -0.4 is 4.90 Å². The number of nitrogens with zero attached hydrogens (tertiary/aromatic N) is 2. The molecule has 0 N–H and O–H groups in total. The number of fused-ring (bicyclic) bond motifs is 8. The number of carbonyl (C=O) groups excluding carboxylic acids is 2. The van der Waals surface area contributed by atoms with Gasteiger partial charge in [0.15, 0.2) is 5.78 Å². The topological polar surface area (TPSA) is 49.7 Å². The number of hydrogen-bond donors (Lipinski definition) is 0. The van der Waals surface area contributed by atoms with Crippen molar-refractivity contribution in [3.8, 4) is 0 Å². The Labute approximate surface area is 318 Å². The lowest BCUT2D eigenvalue weighted by Gasteiger charge is -2.40. The van der Waals surface area contributed by atoms with E-state index >= 15 is 0 Å². The van der Waals surface area contributed by atoms with E-state index in [1.807, 2.05) is 80.0 Å². The molecule has 5 aromatic rings. The average Bonchev–Trinajstić information content (AvgIpc) is 3.40. The second-order valence-electron chi connectivity index (χ2n) is 14.9. The summed E-state index contributed by atoms with van der Waals surface area (Å²) in [5.41, 5.74) is 10.7. The van der Waals surface area contributed by atoms with Crippen molar-refractivity contribution in [2.75, 3.05) is 11.9 Å². The van der Waals surface area contributed by atoms with Crippen molar-refractivity contribution in [2.45, 2.75) is 31.1 Å². The molecule has 2 atom stereocenters. The van der Waals surface area contributed by atoms with Crippen molar-refractivity contribution in [1.82, 2.24) is 0 Å². The number of benzene rings is 5. The highest BCUT2D eigenvalue weighted by molar-refractivity contribution is 6.53. The van der Waals surface area contributed by atoms with Gasteiger partial charge in [-0.3, -0.25) is 14.6 Å². The zero-order valence-electron chi connectivity index (χ0n) is 30.6. The zero-order valence-corrected chi connectivity index (χ0v) is 30.6. The van der Waals surface area contributed by atoms with E-state index in [1.165, 1.54) is 29.8 Å². The SMILES string of the molecule is CN1/C(=C\N=C2C(=O)C3=CC=C4C(=O)/C(=C\C=C(c5ccc(F)cc5)c5ccc(F)cc5)c5ccccc5[C@@H]4[C@H]3c3ccccc32)C(C)(C)c2ccccc21. The molecule has 3 aliphatic carbocycles. The summed E-state index contributed by atoms with van der Waals surface area (Å²) in [5.74, 6) is -1.79. The molecule has 4 nitrogen and oxygen atoms in total. The van der Waals surface area contributed by atoms with Crippen LogP contribution >= 0.6 is 0 Å². The molecule has 0 radical (unpaired) electrons. The molecule has 1 aliphatic heterocycles. The summed E-state index contributed by atoms with van der Waals surface area (Å²) in [7, 11) is 2.03. The predicted octanol–water partition coefficient (Wildman–Crippen LogP) is 10.4. The van der Waals surface area contributed by atoms with Crippen molar-refractivity contribution in [1.29, 1.82) is 0 Å². The van der Waals surface area contributed by atoms with Crippen molar-refractivity contribution >= 4 is 34.1 Å². The number of ketones is 2. The van der Waals surface area contributed by atoms with Crippen LogP contribution in [0.15, 0.2) is 174 Å². The van der Waals surface area contributed by atoms with Crippen LogP contribution in [-0.4, -0.2) is 24.3 Å². The Balaban J connectivity index is 1.16. The first-order valence-electron chi connectivity index (χ1n) is 18.4. The summed E-state index contributed by atoms with van der Waals surface area (Å²) in [5, 5.41) is 0. The summed E-state index contributed by atoms with van der Waals surface area (Å²) in [6, 6.07) is 36.3. The molecule has 0 amide bonds. The Morgan fingerprint density at radius 2 is 1.20 bits per heavy atom. The van der Waals surface area contributed by atoms with Gasteiger partial charge in [0.2, 0.25) is 5.78 Å². The Hall–Kier alpha value is -6.53. The molecule has 0 saturated heterocycles. The largest absolute Gasteiger partial charge is 0.346 e. The molecule has 0 bridgehead atoms. The van der Waals surface area contributed by atoms with Crippen molar-refractivity contribution in [3.05, 3.63) is 219 Å². The maximum atomic E-state index is 14.6. The number of Topliss-reactive ketones (excluding diaryl/α,β-unsaturated/α-hetero) is 2. The van der Waals surface area contributed by atoms with Gasteiger partial charge in [-0.25, -0.2) is 8.78 Å². The normalized spacial score (nSPS) is 21.3. The summed E-state index contributed by atoms with van der Waals surface area (Å²) in [6.07, 6.45) is 9.09. The smallest absolute Gasteiger partial charge is 0.208 e. The lowest BCUT2D eigenvalue weighted by molar-refractivity contribution is -0.112. The van der Waals surface area contributed by atoms with E-state index in [1.54, 1.807) is 42.5 Å². The molecule has 0 spiro atoms. The molecule has 4 aliphatic rings. The number of carbonyl (C=O) groups is 2. The minimum absolute atomic E-state index is 0.131. The molecule has 9 rings (SSSR count). The Kier molecular flexibility index (Phi) is 8.16. The van der Waals surface area contributed by atoms with Crippen LogP contribution in [0.1, 0.15) is 64.6 Å². The molecule has 0 unspecified atom stereocenters. The molecule has 268 valence electrons. The summed E-state index contributed by atoms with van der Waals surface area (Å²) < 4.78 is 27.9. The van der Waals surface area contributed by atoms with Crippen LogP contribution in [0.3, 0.4) is 0 Å². The van der Waals surface area contributed by atoms with Gasteiger partial charge in [-0.05, 0) is 75.4 Å². The highest BCUT2D eigenvalue weighted by Gasteiger charge is 2.47. The molecule has 0 aromatic heterocycles. The van der Waals surface area contributed by atoms with E-state index < -0.39 is 5.92 Å². The van der Waals surface area contributed by atoms with Crippen LogP contribution in [0.5, 0.6) is 0 Å². The highest BCUT2D eigenvalue weighted by Crippen LogP contribution is 2.54. The van der Waals surface area contributed by atoms with Crippen molar-refractivity contribution in [2.24, 2.45) is 4.99 Å². The minimum Gasteiger partial charge on any atom is -0.346 e. The maximum absolute atomic E-state index is 14.6. The number of likely N-dealkylation sites (N-methyl/N-ethyl adjacent to an activating group) is 1. The van der Waals surface area contributed by atoms with Gasteiger partial charge in [-0.2, -0.15) is 0 Å². The lowest BCUT2D eigenvalue weighted by atomic mass is 9.61. The van der Waals surface area contributed by atoms with E-state index in [2.05, 4.69) is 30.9 Å². The zero-order chi connectivity index (χ0) is 38.0. The number of halogens is 2. The van der Waals surface area contributed by atoms with Gasteiger partial charge in [0.25, 0.3) is 0 Å². The van der Waals surface area contributed by atoms with E-state index in [9.17, 15) is 18.4 Å². The second-order valence-corrected chi connectivity index (χ2v) is 14.9. The van der Waals surface area contributed by atoms with Crippen LogP contribution in [0.2, 0.25) is 0 Å². The molecular formula is C49H36F2N2O2. The van der Waals surface area contributed by atoms with E-state index in [0.29, 0.717) is 28.0 Å². The molecule has 55 heavy (non-hydrogen) atoms. The molecular weight excluding hydrogens is 687 g/mol. The van der Waals surface area contributed by atoms with Gasteiger partial charge in [-0.1, -0.05) is 123 Å². The summed E-state index contributed by atoms with van der Waals surface area (Å²) in [6.45, 7) is 4.35. The summed E-state index contributed by atoms with van der Waals surface area (Å²) in [4.78, 5) is 36.3. The highest BCUT2D eigenvalue weighted by atomic mass is 19.1. The van der Waals surface area contributed by atoms with E-state index in [-0.39, 0.29) is 34.5 Å². The van der Waals surface area contributed by atoms with Crippen LogP contribution in [-0.2, 0) is 15.0 Å². The minimum atomic E-state index is -0.391. The van der Waals surface area contributed by atoms with Gasteiger partial charge in [0, 0.05) is 64.2 Å². The molecule has 0 fully saturated rings. The van der Waals surface area contributed by atoms with E-state index in [0.717, 1.165) is 44.8 Å². The third kappa shape index (κ3) is 5.51. The summed E-state index contributed by atoms with van der Waals surface area (Å²) >= 11 is 0. The first-order chi connectivity index (χ1) is 26.6. The third-order valence-corrected chi connectivity index (χ3v) is 11.6. The number of hydrogen-bond acceptors (Lipinski definition) is 4. The first kappa shape index (κ1) is 34.3. The maximum Gasteiger partial charge on any atom is 0.208 e. The van der Waals surface area contributed by atoms with Gasteiger partial charge < -0.3 is 4.90 Å². The number of anilines is 1. The number of rotatable bonds is 4. The molecule has 6 heteroatoms. The van der Waals surface area contributed by atoms with Crippen LogP contribution in [0.25, 0.3) is 11.1 Å². The monoisotopic (exact) mass is 722 g/mol. The van der Waals surface area contributed by atoms with Crippen molar-refractivity contribution in [3.63, 3.8) is 0 Å². The predicted molar refractivity (Wildman–Crippen MR) is 215 cm³/mol. The molecule has 5 aromatic carbocycles. The number of aliphatic imine (C=N–C) groups is 1. The molecule has 0 saturated carbocycles. The Bertz CT molecular complexity index is 2590. The number of allylic oxidation sites excluding steroid dienone is 8. The standard InChI is InChI=1S/C49H36F2N2O2/c1-49(2)41-14-8-9-15-42(41)53(3)43(49)28-52-46-37-13-7-6-12-36(37)45-40(48(46)55)27-26-39-44(45)35-11-5-4-10-34(35)38(47(39)54)25-24-33(29-16-20-31(50)21-17-29)30-18-22-32(51)23-19-30/h4-28,44-45H,1-3H3/b38-25-,43-28-,52-46?/t44-,45-/m0/s1. The Morgan fingerprint density at radius 3 is 1.82 bits per heavy atom. The fourth-order valence-corrected chi connectivity index (χ4v) is 8.84. The fourth-order valence-electron chi connectivity index (χ4n) is 8.84. The van der Waals surface area contributed by atoms with Gasteiger partial charge in [0.05, 0.1) is 0 Å². The van der Waals surface area contributed by atoms with E-state index in [4.69, 9.17) is 4.99 Å². The van der Waals surface area contributed by atoms with Crippen molar-refractivity contribution < 1.29 is 18.4 Å². The lowest BCUT2D eigenvalue weighted by Crippen LogP contribution is -2.36. The van der Waals surface area contributed by atoms with Crippen LogP contribution in [0, 0.1) is 11.6 Å².